The zero-order chi connectivity index (χ0) is 49.6. The van der Waals surface area contributed by atoms with Gasteiger partial charge in [-0.3, -0.25) is 0 Å². The lowest BCUT2D eigenvalue weighted by Crippen LogP contribution is -2.04. The summed E-state index contributed by atoms with van der Waals surface area (Å²) in [6.07, 6.45) is 1.88. The molecule has 1 aliphatic rings. The van der Waals surface area contributed by atoms with Crippen molar-refractivity contribution >= 4 is 119 Å². The normalized spacial score (nSPS) is 12.6. The second kappa shape index (κ2) is 15.8. The summed E-state index contributed by atoms with van der Waals surface area (Å²) in [5.41, 5.74) is 15.8. The van der Waals surface area contributed by atoms with E-state index < -0.39 is 0 Å². The molecule has 0 fully saturated rings. The number of aromatic nitrogens is 4. The van der Waals surface area contributed by atoms with Crippen LogP contribution in [0.1, 0.15) is 11.3 Å². The molecule has 16 aromatic rings. The SMILES string of the molecule is c1ccc(-n2c3c4cc(c5ccc6c(c5)c5cc(ccc5n6-c5ccccc5)c5ccc6c(c5)c5cc(ccc5n6-c5ccccc5)c5ccc6c(c5)c5cc(ccc5n6-c5ccccc5)c5ccc2c4c5)CC3)cc1. The van der Waals surface area contributed by atoms with Crippen LogP contribution >= 0.6 is 0 Å². The molecule has 0 radical (unpaired) electrons. The highest BCUT2D eigenvalue weighted by atomic mass is 15.0. The Morgan fingerprint density at radius 3 is 0.763 bits per heavy atom. The fourth-order valence-corrected chi connectivity index (χ4v) is 13.3. The Hall–Kier alpha value is -9.90. The van der Waals surface area contributed by atoms with Crippen LogP contribution in [-0.4, -0.2) is 18.3 Å². The fraction of sp³-hybridized carbons (Fsp3) is 0.0278. The van der Waals surface area contributed by atoms with E-state index in [1.54, 1.807) is 0 Å². The molecule has 4 nitrogen and oxygen atoms in total. The van der Waals surface area contributed by atoms with Crippen molar-refractivity contribution in [1.29, 1.82) is 0 Å². The van der Waals surface area contributed by atoms with Crippen LogP contribution in [-0.2, 0) is 12.8 Å². The van der Waals surface area contributed by atoms with Gasteiger partial charge >= 0.3 is 0 Å². The Kier molecular flexibility index (Phi) is 8.64. The van der Waals surface area contributed by atoms with Crippen LogP contribution in [0.2, 0.25) is 0 Å². The van der Waals surface area contributed by atoms with Gasteiger partial charge in [0.05, 0.1) is 38.6 Å². The summed E-state index contributed by atoms with van der Waals surface area (Å²) >= 11 is 0. The molecule has 0 saturated heterocycles. The maximum absolute atomic E-state index is 2.51. The quantitative estimate of drug-likeness (QED) is 0.167. The van der Waals surface area contributed by atoms with Gasteiger partial charge in [0.25, 0.3) is 0 Å². The zero-order valence-electron chi connectivity index (χ0n) is 41.5. The molecule has 4 aromatic heterocycles. The van der Waals surface area contributed by atoms with Crippen molar-refractivity contribution in [3.05, 3.63) is 266 Å². The molecule has 76 heavy (non-hydrogen) atoms. The predicted molar refractivity (Wildman–Crippen MR) is 321 cm³/mol. The fourth-order valence-electron chi connectivity index (χ4n) is 13.3. The van der Waals surface area contributed by atoms with Gasteiger partial charge in [-0.25, -0.2) is 0 Å². The van der Waals surface area contributed by atoms with Crippen LogP contribution in [0.3, 0.4) is 0 Å². The number of aryl methyl sites for hydroxylation is 2. The highest BCUT2D eigenvalue weighted by Crippen LogP contribution is 2.42. The Balaban J connectivity index is 1.04. The molecule has 12 aromatic carbocycles. The average molecular weight is 967 g/mol. The van der Waals surface area contributed by atoms with Crippen molar-refractivity contribution in [2.75, 3.05) is 0 Å². The smallest absolute Gasteiger partial charge is 0.0541 e. The molecule has 0 amide bonds. The summed E-state index contributed by atoms with van der Waals surface area (Å²) in [7, 11) is 0. The van der Waals surface area contributed by atoms with Crippen molar-refractivity contribution in [1.82, 2.24) is 18.3 Å². The lowest BCUT2D eigenvalue weighted by molar-refractivity contribution is 0.880. The summed E-state index contributed by atoms with van der Waals surface area (Å²) in [5.74, 6) is 0. The van der Waals surface area contributed by atoms with E-state index in [0.29, 0.717) is 0 Å². The topological polar surface area (TPSA) is 19.7 Å². The molecule has 0 saturated carbocycles. The number of benzene rings is 11. The highest BCUT2D eigenvalue weighted by molar-refractivity contribution is 6.18. The minimum atomic E-state index is 0.936. The molecule has 0 atom stereocenters. The number of fused-ring (bicyclic) bond motifs is 12. The molecule has 0 N–H and O–H groups in total. The van der Waals surface area contributed by atoms with Gasteiger partial charge in [0.1, 0.15) is 0 Å². The monoisotopic (exact) mass is 966 g/mol. The highest BCUT2D eigenvalue weighted by Gasteiger charge is 2.21. The Bertz CT molecular complexity index is 5190. The molecule has 0 unspecified atom stereocenters. The largest absolute Gasteiger partial charge is 0.313 e. The third-order valence-corrected chi connectivity index (χ3v) is 16.8. The van der Waals surface area contributed by atoms with E-state index in [-0.39, 0.29) is 0 Å². The zero-order valence-corrected chi connectivity index (χ0v) is 41.5. The molecular weight excluding hydrogens is 921 g/mol. The minimum Gasteiger partial charge on any atom is -0.313 e. The number of hydrogen-bond donors (Lipinski definition) is 0. The van der Waals surface area contributed by atoms with Crippen LogP contribution < -0.4 is 0 Å². The Morgan fingerprint density at radius 2 is 0.447 bits per heavy atom. The Morgan fingerprint density at radius 1 is 0.197 bits per heavy atom. The van der Waals surface area contributed by atoms with Gasteiger partial charge in [-0.1, -0.05) is 115 Å². The van der Waals surface area contributed by atoms with Gasteiger partial charge < -0.3 is 18.3 Å². The molecular formula is C72H46N4. The number of rotatable bonds is 4. The summed E-state index contributed by atoms with van der Waals surface area (Å²) in [6, 6.07) is 95.7. The number of hydrogen-bond acceptors (Lipinski definition) is 0. The van der Waals surface area contributed by atoms with E-state index in [2.05, 4.69) is 273 Å². The van der Waals surface area contributed by atoms with E-state index in [0.717, 1.165) is 29.9 Å². The third-order valence-electron chi connectivity index (χ3n) is 16.8. The lowest BCUT2D eigenvalue weighted by atomic mass is 9.96. The van der Waals surface area contributed by atoms with Crippen LogP contribution in [0.4, 0.5) is 0 Å². The summed E-state index contributed by atoms with van der Waals surface area (Å²) in [4.78, 5) is 0. The van der Waals surface area contributed by atoms with Gasteiger partial charge in [-0.2, -0.15) is 0 Å². The van der Waals surface area contributed by atoms with Gasteiger partial charge in [0.2, 0.25) is 0 Å². The average Bonchev–Trinajstić information content (AvgIpc) is 4.24. The van der Waals surface area contributed by atoms with Crippen molar-refractivity contribution in [3.8, 4) is 22.7 Å². The lowest BCUT2D eigenvalue weighted by Gasteiger charge is -2.14. The van der Waals surface area contributed by atoms with Crippen molar-refractivity contribution in [2.24, 2.45) is 0 Å². The van der Waals surface area contributed by atoms with E-state index in [4.69, 9.17) is 0 Å². The third kappa shape index (κ3) is 6.01. The summed E-state index contributed by atoms with van der Waals surface area (Å²) in [5, 5.41) is 18.5. The van der Waals surface area contributed by atoms with Gasteiger partial charge in [0.15, 0.2) is 0 Å². The van der Waals surface area contributed by atoms with Gasteiger partial charge in [-0.05, 0) is 196 Å². The molecule has 4 heteroatoms. The minimum absolute atomic E-state index is 0.936. The summed E-state index contributed by atoms with van der Waals surface area (Å²) in [6.45, 7) is 0. The van der Waals surface area contributed by atoms with E-state index in [1.165, 1.54) is 136 Å². The first kappa shape index (κ1) is 41.6. The standard InChI is InChI=1S/C72H46N4/c1-5-13-53(14-6-1)73-65-29-21-45-37-57(65)58-38-46(22-30-66(58)73)48-24-32-68-60(40-48)62-42-50(26-34-70(62)75(68)55-17-9-3-10-18-55)52-28-36-72-64(44-52)63-43-51(27-35-71(63)76(72)56-19-11-4-12-20-56)49-25-33-69-61(41-49)59-39-47(45)23-31-67(59)74(69)54-15-7-2-8-16-54/h1-27,29-35,37-44H,28,36H2. The number of nitrogens with zero attached hydrogens (tertiary/aromatic N) is 4. The van der Waals surface area contributed by atoms with Crippen LogP contribution in [0.15, 0.2) is 255 Å². The molecule has 354 valence electrons. The molecule has 16 bridgehead atoms. The van der Waals surface area contributed by atoms with Gasteiger partial charge in [0, 0.05) is 71.5 Å². The first-order valence-electron chi connectivity index (χ1n) is 26.5. The summed E-state index contributed by atoms with van der Waals surface area (Å²) < 4.78 is 9.82. The Labute approximate surface area is 437 Å². The molecule has 1 aliphatic carbocycles. The van der Waals surface area contributed by atoms with Crippen LogP contribution in [0, 0.1) is 0 Å². The van der Waals surface area contributed by atoms with Crippen molar-refractivity contribution < 1.29 is 0 Å². The van der Waals surface area contributed by atoms with Crippen LogP contribution in [0.25, 0.3) is 142 Å². The van der Waals surface area contributed by atoms with E-state index >= 15 is 0 Å². The van der Waals surface area contributed by atoms with Crippen molar-refractivity contribution in [3.63, 3.8) is 0 Å². The maximum atomic E-state index is 2.51. The second-order valence-electron chi connectivity index (χ2n) is 20.8. The molecule has 0 spiro atoms. The van der Waals surface area contributed by atoms with E-state index in [9.17, 15) is 0 Å². The van der Waals surface area contributed by atoms with Crippen molar-refractivity contribution in [2.45, 2.75) is 12.8 Å². The van der Waals surface area contributed by atoms with Gasteiger partial charge in [-0.15, -0.1) is 0 Å². The molecule has 0 aliphatic heterocycles. The predicted octanol–water partition coefficient (Wildman–Crippen LogP) is 18.8. The second-order valence-corrected chi connectivity index (χ2v) is 20.8. The molecule has 17 rings (SSSR count). The van der Waals surface area contributed by atoms with Crippen LogP contribution in [0.5, 0.6) is 0 Å². The first-order valence-corrected chi connectivity index (χ1v) is 26.5. The number of para-hydroxylation sites is 4. The molecule has 4 heterocycles. The maximum Gasteiger partial charge on any atom is 0.0541 e. The first-order chi connectivity index (χ1) is 37.7. The van der Waals surface area contributed by atoms with E-state index in [1.807, 2.05) is 0 Å².